The molecule has 0 fully saturated rings. The number of hydrogen-bond donors (Lipinski definition) is 1. The summed E-state index contributed by atoms with van der Waals surface area (Å²) < 4.78 is 42.7. The zero-order valence-electron chi connectivity index (χ0n) is 19.9. The molecule has 182 valence electrons. The fourth-order valence-electron chi connectivity index (χ4n) is 4.16. The zero-order valence-corrected chi connectivity index (χ0v) is 19.9. The highest BCUT2D eigenvalue weighted by Gasteiger charge is 2.31. The number of rotatable bonds is 6. The number of alkyl halides is 3. The summed E-state index contributed by atoms with van der Waals surface area (Å²) in [4.78, 5) is 12.8. The van der Waals surface area contributed by atoms with Crippen LogP contribution in [0.1, 0.15) is 39.5 Å². The molecule has 0 spiro atoms. The van der Waals surface area contributed by atoms with E-state index >= 15 is 0 Å². The predicted octanol–water partition coefficient (Wildman–Crippen LogP) is 5.17. The first-order chi connectivity index (χ1) is 16.6. The average Bonchev–Trinajstić information content (AvgIpc) is 3.27. The molecule has 2 heterocycles. The molecule has 0 aliphatic rings. The Bertz CT molecular complexity index is 1370. The average molecular weight is 482 g/mol. The minimum absolute atomic E-state index is 0.0710. The molecule has 0 atom stereocenters. The number of amides is 1. The highest BCUT2D eigenvalue weighted by Crippen LogP contribution is 2.31. The Morgan fingerprint density at radius 1 is 0.829 bits per heavy atom. The fraction of sp³-hybridized carbons (Fsp3) is 0.269. The van der Waals surface area contributed by atoms with Crippen molar-refractivity contribution in [3.63, 3.8) is 0 Å². The van der Waals surface area contributed by atoms with E-state index in [1.807, 2.05) is 48.9 Å². The third kappa shape index (κ3) is 4.99. The molecule has 0 unspecified atom stereocenters. The van der Waals surface area contributed by atoms with Gasteiger partial charge in [-0.3, -0.25) is 4.79 Å². The fourth-order valence-corrected chi connectivity index (χ4v) is 4.16. The third-order valence-corrected chi connectivity index (χ3v) is 6.10. The summed E-state index contributed by atoms with van der Waals surface area (Å²) in [6.07, 6.45) is -4.37. The zero-order chi connectivity index (χ0) is 25.3. The smallest absolute Gasteiger partial charge is 0.352 e. The van der Waals surface area contributed by atoms with E-state index in [-0.39, 0.29) is 12.3 Å². The normalized spacial score (nSPS) is 11.6. The van der Waals surface area contributed by atoms with Gasteiger partial charge in [0.15, 0.2) is 0 Å². The van der Waals surface area contributed by atoms with Crippen molar-refractivity contribution >= 4 is 5.91 Å². The van der Waals surface area contributed by atoms with Gasteiger partial charge in [0.25, 0.3) is 0 Å². The quantitative estimate of drug-likeness (QED) is 0.413. The molecule has 4 rings (SSSR count). The van der Waals surface area contributed by atoms with Gasteiger partial charge >= 0.3 is 6.18 Å². The van der Waals surface area contributed by atoms with Gasteiger partial charge in [-0.1, -0.05) is 24.3 Å². The molecule has 0 saturated carbocycles. The Morgan fingerprint density at radius 3 is 2.06 bits per heavy atom. The van der Waals surface area contributed by atoms with Gasteiger partial charge in [-0.15, -0.1) is 0 Å². The van der Waals surface area contributed by atoms with Gasteiger partial charge in [0, 0.05) is 29.1 Å². The van der Waals surface area contributed by atoms with E-state index in [1.165, 1.54) is 10.7 Å². The first kappa shape index (κ1) is 24.3. The molecule has 6 nitrogen and oxygen atoms in total. The van der Waals surface area contributed by atoms with Gasteiger partial charge in [0.05, 0.1) is 34.7 Å². The Balaban J connectivity index is 1.49. The number of aryl methyl sites for hydroxylation is 2. The summed E-state index contributed by atoms with van der Waals surface area (Å²) in [5, 5.41) is 11.9. The largest absolute Gasteiger partial charge is 0.416 e. The van der Waals surface area contributed by atoms with Crippen LogP contribution in [-0.4, -0.2) is 25.5 Å². The molecule has 4 aromatic rings. The highest BCUT2D eigenvalue weighted by atomic mass is 19.4. The van der Waals surface area contributed by atoms with Crippen LogP contribution >= 0.6 is 0 Å². The number of benzene rings is 2. The van der Waals surface area contributed by atoms with E-state index in [4.69, 9.17) is 0 Å². The molecule has 1 amide bonds. The monoisotopic (exact) mass is 481 g/mol. The van der Waals surface area contributed by atoms with Crippen molar-refractivity contribution in [2.75, 3.05) is 0 Å². The molecule has 0 aliphatic heterocycles. The van der Waals surface area contributed by atoms with Gasteiger partial charge in [0.2, 0.25) is 5.91 Å². The lowest BCUT2D eigenvalue weighted by Gasteiger charge is -2.10. The SMILES string of the molecule is Cc1nn(-c2ccccc2)c(C)c1CNC(=O)Cc1c(C)nn(-c2cccc(C(F)(F)F)c2)c1C. The first-order valence-electron chi connectivity index (χ1n) is 11.2. The number of nitrogens with one attached hydrogen (secondary N) is 1. The van der Waals surface area contributed by atoms with Crippen LogP contribution in [0.3, 0.4) is 0 Å². The molecular formula is C26H26F3N5O. The van der Waals surface area contributed by atoms with Gasteiger partial charge in [-0.25, -0.2) is 9.36 Å². The van der Waals surface area contributed by atoms with E-state index in [1.54, 1.807) is 19.9 Å². The van der Waals surface area contributed by atoms with Crippen LogP contribution in [0.15, 0.2) is 54.6 Å². The lowest BCUT2D eigenvalue weighted by Crippen LogP contribution is -2.25. The lowest BCUT2D eigenvalue weighted by atomic mass is 10.1. The summed E-state index contributed by atoms with van der Waals surface area (Å²) in [5.41, 5.74) is 5.12. The van der Waals surface area contributed by atoms with Crippen molar-refractivity contribution in [2.24, 2.45) is 0 Å². The van der Waals surface area contributed by atoms with Crippen molar-refractivity contribution in [1.82, 2.24) is 24.9 Å². The molecule has 0 radical (unpaired) electrons. The third-order valence-electron chi connectivity index (χ3n) is 6.10. The molecular weight excluding hydrogens is 455 g/mol. The van der Waals surface area contributed by atoms with Gasteiger partial charge < -0.3 is 5.32 Å². The minimum Gasteiger partial charge on any atom is -0.352 e. The maximum atomic E-state index is 13.1. The maximum absolute atomic E-state index is 13.1. The van der Waals surface area contributed by atoms with Crippen molar-refractivity contribution in [3.05, 3.63) is 94.1 Å². The van der Waals surface area contributed by atoms with Gasteiger partial charge in [-0.05, 0) is 58.0 Å². The van der Waals surface area contributed by atoms with Crippen LogP contribution in [-0.2, 0) is 23.9 Å². The molecule has 0 saturated heterocycles. The number of nitrogens with zero attached hydrogens (tertiary/aromatic N) is 4. The van der Waals surface area contributed by atoms with E-state index in [0.29, 0.717) is 29.2 Å². The van der Waals surface area contributed by atoms with E-state index in [9.17, 15) is 18.0 Å². The molecule has 2 aromatic carbocycles. The van der Waals surface area contributed by atoms with Crippen LogP contribution in [0.5, 0.6) is 0 Å². The highest BCUT2D eigenvalue weighted by molar-refractivity contribution is 5.79. The second kappa shape index (κ2) is 9.40. The Labute approximate surface area is 201 Å². The van der Waals surface area contributed by atoms with E-state index in [2.05, 4.69) is 15.5 Å². The second-order valence-corrected chi connectivity index (χ2v) is 8.46. The molecule has 0 bridgehead atoms. The molecule has 2 aromatic heterocycles. The maximum Gasteiger partial charge on any atom is 0.416 e. The number of hydrogen-bond acceptors (Lipinski definition) is 3. The Hall–Kier alpha value is -3.88. The number of carbonyl (C=O) groups is 1. The Morgan fingerprint density at radius 2 is 1.40 bits per heavy atom. The summed E-state index contributed by atoms with van der Waals surface area (Å²) in [5.74, 6) is -0.203. The summed E-state index contributed by atoms with van der Waals surface area (Å²) in [6, 6.07) is 14.7. The topological polar surface area (TPSA) is 64.7 Å². The van der Waals surface area contributed by atoms with Crippen LogP contribution < -0.4 is 5.32 Å². The lowest BCUT2D eigenvalue weighted by molar-refractivity contribution is -0.137. The molecule has 0 aliphatic carbocycles. The standard InChI is InChI=1S/C26H26F3N5O/c1-16-23(18(3)34(31-16)22-12-8-9-20(13-22)26(27,28)29)14-25(35)30-15-24-17(2)32-33(19(24)4)21-10-6-5-7-11-21/h5-13H,14-15H2,1-4H3,(H,30,35). The first-order valence-corrected chi connectivity index (χ1v) is 11.2. The predicted molar refractivity (Wildman–Crippen MR) is 127 cm³/mol. The van der Waals surface area contributed by atoms with E-state index in [0.717, 1.165) is 34.8 Å². The van der Waals surface area contributed by atoms with Crippen molar-refractivity contribution in [3.8, 4) is 11.4 Å². The van der Waals surface area contributed by atoms with Crippen molar-refractivity contribution in [2.45, 2.75) is 46.8 Å². The van der Waals surface area contributed by atoms with Crippen LogP contribution in [0.2, 0.25) is 0 Å². The summed E-state index contributed by atoms with van der Waals surface area (Å²) >= 11 is 0. The Kier molecular flexibility index (Phi) is 6.51. The van der Waals surface area contributed by atoms with Gasteiger partial charge in [-0.2, -0.15) is 23.4 Å². The van der Waals surface area contributed by atoms with Crippen molar-refractivity contribution < 1.29 is 18.0 Å². The molecule has 9 heteroatoms. The number of halogens is 3. The number of carbonyl (C=O) groups excluding carboxylic acids is 1. The number of para-hydroxylation sites is 1. The molecule has 35 heavy (non-hydrogen) atoms. The summed E-state index contributed by atoms with van der Waals surface area (Å²) in [7, 11) is 0. The second-order valence-electron chi connectivity index (χ2n) is 8.46. The molecule has 1 N–H and O–H groups in total. The van der Waals surface area contributed by atoms with Crippen molar-refractivity contribution in [1.29, 1.82) is 0 Å². The van der Waals surface area contributed by atoms with Crippen LogP contribution in [0.4, 0.5) is 13.2 Å². The minimum atomic E-state index is -4.45. The number of aromatic nitrogens is 4. The van der Waals surface area contributed by atoms with Crippen LogP contribution in [0.25, 0.3) is 11.4 Å². The van der Waals surface area contributed by atoms with Gasteiger partial charge in [0.1, 0.15) is 0 Å². The summed E-state index contributed by atoms with van der Waals surface area (Å²) in [6.45, 7) is 7.69. The van der Waals surface area contributed by atoms with Crippen LogP contribution in [0, 0.1) is 27.7 Å². The van der Waals surface area contributed by atoms with E-state index < -0.39 is 11.7 Å².